The molecule has 3 heteroatoms. The van der Waals surface area contributed by atoms with E-state index >= 15 is 0 Å². The molecule has 1 aromatic rings. The summed E-state index contributed by atoms with van der Waals surface area (Å²) < 4.78 is 5.75. The van der Waals surface area contributed by atoms with Gasteiger partial charge in [-0.3, -0.25) is 0 Å². The third-order valence-electron chi connectivity index (χ3n) is 3.28. The van der Waals surface area contributed by atoms with Crippen LogP contribution in [0.5, 0.6) is 5.75 Å². The molecule has 0 saturated carbocycles. The van der Waals surface area contributed by atoms with Crippen LogP contribution in [0.2, 0.25) is 5.02 Å². The molecule has 17 heavy (non-hydrogen) atoms. The van der Waals surface area contributed by atoms with Gasteiger partial charge in [0.1, 0.15) is 5.75 Å². The Morgan fingerprint density at radius 3 is 3.00 bits per heavy atom. The first-order valence-electron chi connectivity index (χ1n) is 6.38. The molecule has 0 amide bonds. The minimum atomic E-state index is 0.636. The van der Waals surface area contributed by atoms with Crippen molar-refractivity contribution in [3.63, 3.8) is 0 Å². The number of ether oxygens (including phenoxy) is 1. The van der Waals surface area contributed by atoms with Crippen molar-refractivity contribution in [1.82, 2.24) is 5.32 Å². The van der Waals surface area contributed by atoms with Crippen molar-refractivity contribution in [1.29, 1.82) is 0 Å². The molecule has 0 unspecified atom stereocenters. The predicted molar refractivity (Wildman–Crippen MR) is 71.9 cm³/mol. The highest BCUT2D eigenvalue weighted by molar-refractivity contribution is 6.31. The Morgan fingerprint density at radius 1 is 1.41 bits per heavy atom. The van der Waals surface area contributed by atoms with Crippen LogP contribution in [0.4, 0.5) is 0 Å². The van der Waals surface area contributed by atoms with E-state index in [4.69, 9.17) is 16.3 Å². The summed E-state index contributed by atoms with van der Waals surface area (Å²) in [6.07, 6.45) is 5.02. The SMILES string of the molecule is Cc1cc(OCC[C@@H]2CCCCN2)ccc1Cl. The van der Waals surface area contributed by atoms with E-state index in [0.29, 0.717) is 6.04 Å². The van der Waals surface area contributed by atoms with Crippen molar-refractivity contribution in [2.24, 2.45) is 0 Å². The van der Waals surface area contributed by atoms with E-state index in [0.717, 1.165) is 35.9 Å². The first-order valence-corrected chi connectivity index (χ1v) is 6.76. The summed E-state index contributed by atoms with van der Waals surface area (Å²) in [5, 5.41) is 4.32. The Kier molecular flexibility index (Phi) is 4.69. The van der Waals surface area contributed by atoms with E-state index in [1.54, 1.807) is 0 Å². The fraction of sp³-hybridized carbons (Fsp3) is 0.571. The van der Waals surface area contributed by atoms with E-state index in [1.807, 2.05) is 25.1 Å². The number of benzene rings is 1. The van der Waals surface area contributed by atoms with Gasteiger partial charge in [0, 0.05) is 11.1 Å². The molecule has 0 aromatic heterocycles. The summed E-state index contributed by atoms with van der Waals surface area (Å²) in [7, 11) is 0. The number of hydrogen-bond acceptors (Lipinski definition) is 2. The zero-order valence-corrected chi connectivity index (χ0v) is 11.1. The highest BCUT2D eigenvalue weighted by Crippen LogP contribution is 2.21. The van der Waals surface area contributed by atoms with E-state index < -0.39 is 0 Å². The molecule has 1 heterocycles. The van der Waals surface area contributed by atoms with Crippen LogP contribution in [0.25, 0.3) is 0 Å². The molecule has 2 nitrogen and oxygen atoms in total. The number of hydrogen-bond donors (Lipinski definition) is 1. The van der Waals surface area contributed by atoms with E-state index in [-0.39, 0.29) is 0 Å². The Bertz CT molecular complexity index is 361. The molecule has 0 bridgehead atoms. The summed E-state index contributed by atoms with van der Waals surface area (Å²) in [5.74, 6) is 0.919. The first kappa shape index (κ1) is 12.7. The van der Waals surface area contributed by atoms with Crippen molar-refractivity contribution in [2.45, 2.75) is 38.6 Å². The molecule has 0 radical (unpaired) electrons. The smallest absolute Gasteiger partial charge is 0.119 e. The highest BCUT2D eigenvalue weighted by atomic mass is 35.5. The second kappa shape index (κ2) is 6.27. The van der Waals surface area contributed by atoms with Gasteiger partial charge in [-0.1, -0.05) is 18.0 Å². The Hall–Kier alpha value is -0.730. The van der Waals surface area contributed by atoms with Gasteiger partial charge in [-0.15, -0.1) is 0 Å². The highest BCUT2D eigenvalue weighted by Gasteiger charge is 2.12. The number of piperidine rings is 1. The first-order chi connectivity index (χ1) is 8.25. The van der Waals surface area contributed by atoms with Gasteiger partial charge >= 0.3 is 0 Å². The topological polar surface area (TPSA) is 21.3 Å². The van der Waals surface area contributed by atoms with Crippen LogP contribution in [0.1, 0.15) is 31.2 Å². The molecule has 1 aromatic carbocycles. The van der Waals surface area contributed by atoms with Crippen LogP contribution in [0.3, 0.4) is 0 Å². The number of rotatable bonds is 4. The maximum Gasteiger partial charge on any atom is 0.119 e. The zero-order valence-electron chi connectivity index (χ0n) is 10.3. The quantitative estimate of drug-likeness (QED) is 0.886. The summed E-state index contributed by atoms with van der Waals surface area (Å²) >= 11 is 5.97. The molecule has 0 spiro atoms. The van der Waals surface area contributed by atoms with Crippen molar-refractivity contribution in [3.05, 3.63) is 28.8 Å². The van der Waals surface area contributed by atoms with Crippen molar-refractivity contribution < 1.29 is 4.74 Å². The summed E-state index contributed by atoms with van der Waals surface area (Å²) in [6, 6.07) is 6.46. The second-order valence-corrected chi connectivity index (χ2v) is 5.10. The van der Waals surface area contributed by atoms with Gasteiger partial charge in [-0.25, -0.2) is 0 Å². The van der Waals surface area contributed by atoms with Crippen LogP contribution in [-0.4, -0.2) is 19.2 Å². The normalized spacial score (nSPS) is 20.2. The lowest BCUT2D eigenvalue weighted by Gasteiger charge is -2.23. The lowest BCUT2D eigenvalue weighted by Crippen LogP contribution is -2.35. The van der Waals surface area contributed by atoms with Gasteiger partial charge < -0.3 is 10.1 Å². The molecule has 0 aliphatic carbocycles. The van der Waals surface area contributed by atoms with Gasteiger partial charge in [0.2, 0.25) is 0 Å². The van der Waals surface area contributed by atoms with Crippen LogP contribution in [0, 0.1) is 6.92 Å². The molecule has 1 atom stereocenters. The molecule has 1 fully saturated rings. The van der Waals surface area contributed by atoms with Crippen molar-refractivity contribution >= 4 is 11.6 Å². The molecule has 1 saturated heterocycles. The van der Waals surface area contributed by atoms with Gasteiger partial charge in [-0.05, 0) is 56.5 Å². The molecule has 94 valence electrons. The molecule has 1 aliphatic rings. The number of nitrogens with one attached hydrogen (secondary N) is 1. The van der Waals surface area contributed by atoms with E-state index in [9.17, 15) is 0 Å². The summed E-state index contributed by atoms with van der Waals surface area (Å²) in [5.41, 5.74) is 1.07. The maximum atomic E-state index is 5.97. The summed E-state index contributed by atoms with van der Waals surface area (Å²) in [4.78, 5) is 0. The minimum Gasteiger partial charge on any atom is -0.494 e. The summed E-state index contributed by atoms with van der Waals surface area (Å²) in [6.45, 7) is 3.93. The monoisotopic (exact) mass is 253 g/mol. The van der Waals surface area contributed by atoms with Crippen LogP contribution < -0.4 is 10.1 Å². The third kappa shape index (κ3) is 3.90. The number of halogens is 1. The maximum absolute atomic E-state index is 5.97. The number of aryl methyl sites for hydroxylation is 1. The van der Waals surface area contributed by atoms with Crippen LogP contribution in [0.15, 0.2) is 18.2 Å². The third-order valence-corrected chi connectivity index (χ3v) is 3.70. The average molecular weight is 254 g/mol. The predicted octanol–water partition coefficient (Wildman–Crippen LogP) is 3.56. The van der Waals surface area contributed by atoms with Crippen molar-refractivity contribution in [2.75, 3.05) is 13.2 Å². The molecule has 1 aliphatic heterocycles. The lowest BCUT2D eigenvalue weighted by atomic mass is 10.0. The van der Waals surface area contributed by atoms with E-state index in [2.05, 4.69) is 5.32 Å². The van der Waals surface area contributed by atoms with E-state index in [1.165, 1.54) is 19.3 Å². The molecule has 2 rings (SSSR count). The van der Waals surface area contributed by atoms with Crippen LogP contribution in [-0.2, 0) is 0 Å². The van der Waals surface area contributed by atoms with Crippen LogP contribution >= 0.6 is 11.6 Å². The second-order valence-electron chi connectivity index (χ2n) is 4.69. The Balaban J connectivity index is 1.75. The standard InChI is InChI=1S/C14H20ClNO/c1-11-10-13(5-6-14(11)15)17-9-7-12-4-2-3-8-16-12/h5-6,10,12,16H,2-4,7-9H2,1H3/t12-/m0/s1. The fourth-order valence-electron chi connectivity index (χ4n) is 2.20. The Morgan fingerprint density at radius 2 is 2.29 bits per heavy atom. The Labute approximate surface area is 108 Å². The fourth-order valence-corrected chi connectivity index (χ4v) is 2.31. The minimum absolute atomic E-state index is 0.636. The van der Waals surface area contributed by atoms with Gasteiger partial charge in [-0.2, -0.15) is 0 Å². The molecular weight excluding hydrogens is 234 g/mol. The van der Waals surface area contributed by atoms with Gasteiger partial charge in [0.05, 0.1) is 6.61 Å². The average Bonchev–Trinajstić information content (AvgIpc) is 2.35. The van der Waals surface area contributed by atoms with Crippen molar-refractivity contribution in [3.8, 4) is 5.75 Å². The van der Waals surface area contributed by atoms with Gasteiger partial charge in [0.15, 0.2) is 0 Å². The van der Waals surface area contributed by atoms with Gasteiger partial charge in [0.25, 0.3) is 0 Å². The largest absolute Gasteiger partial charge is 0.494 e. The molecular formula is C14H20ClNO. The molecule has 1 N–H and O–H groups in total. The lowest BCUT2D eigenvalue weighted by molar-refractivity contribution is 0.268. The zero-order chi connectivity index (χ0) is 12.1.